The molecule has 2 amide bonds. The number of amides is 2. The molecule has 2 aliphatic rings. The molecule has 1 unspecified atom stereocenters. The molecule has 0 aliphatic carbocycles. The average molecular weight is 328 g/mol. The minimum Gasteiger partial charge on any atom is -0.490 e. The summed E-state index contributed by atoms with van der Waals surface area (Å²) in [7, 11) is 0. The second-order valence-electron chi connectivity index (χ2n) is 6.49. The first-order valence-electron chi connectivity index (χ1n) is 8.65. The highest BCUT2D eigenvalue weighted by atomic mass is 16.5. The van der Waals surface area contributed by atoms with Crippen LogP contribution in [0.5, 0.6) is 5.75 Å². The molecule has 0 radical (unpaired) electrons. The predicted molar refractivity (Wildman–Crippen MR) is 90.8 cm³/mol. The van der Waals surface area contributed by atoms with Gasteiger partial charge in [-0.25, -0.2) is 4.79 Å². The molecule has 6 heteroatoms. The van der Waals surface area contributed by atoms with Gasteiger partial charge in [-0.1, -0.05) is 0 Å². The average Bonchev–Trinajstić information content (AvgIpc) is 3.14. The van der Waals surface area contributed by atoms with E-state index in [1.165, 1.54) is 0 Å². The standard InChI is InChI=1S/C18H24N4O2/c19-11-14-1-3-16(4-2-14)24-17-6-9-22(10-7-17)18(23)21-13-15-5-8-20-12-15/h1-4,15,17,20H,5-10,12-13H2,(H,21,23). The maximum Gasteiger partial charge on any atom is 0.317 e. The molecule has 2 heterocycles. The van der Waals surface area contributed by atoms with Crippen molar-refractivity contribution in [1.82, 2.24) is 15.5 Å². The van der Waals surface area contributed by atoms with E-state index < -0.39 is 0 Å². The molecule has 0 saturated carbocycles. The topological polar surface area (TPSA) is 77.4 Å². The molecule has 1 aromatic rings. The number of nitrogens with zero attached hydrogens (tertiary/aromatic N) is 2. The molecular weight excluding hydrogens is 304 g/mol. The zero-order valence-electron chi connectivity index (χ0n) is 13.8. The molecule has 0 bridgehead atoms. The minimum atomic E-state index is 0.0405. The van der Waals surface area contributed by atoms with E-state index in [2.05, 4.69) is 16.7 Å². The number of nitriles is 1. The van der Waals surface area contributed by atoms with Crippen molar-refractivity contribution in [2.24, 2.45) is 5.92 Å². The first kappa shape index (κ1) is 16.6. The van der Waals surface area contributed by atoms with Crippen LogP contribution >= 0.6 is 0 Å². The number of likely N-dealkylation sites (tertiary alicyclic amines) is 1. The van der Waals surface area contributed by atoms with Crippen molar-refractivity contribution >= 4 is 6.03 Å². The molecular formula is C18H24N4O2. The second-order valence-corrected chi connectivity index (χ2v) is 6.49. The number of hydrogen-bond acceptors (Lipinski definition) is 4. The highest BCUT2D eigenvalue weighted by Crippen LogP contribution is 2.19. The third kappa shape index (κ3) is 4.39. The van der Waals surface area contributed by atoms with Crippen LogP contribution in [0.1, 0.15) is 24.8 Å². The Kier molecular flexibility index (Phi) is 5.55. The second kappa shape index (κ2) is 8.02. The SMILES string of the molecule is N#Cc1ccc(OC2CCN(C(=O)NCC3CCNC3)CC2)cc1. The van der Waals surface area contributed by atoms with Gasteiger partial charge in [-0.05, 0) is 49.7 Å². The molecule has 128 valence electrons. The van der Waals surface area contributed by atoms with Crippen LogP contribution in [0.15, 0.2) is 24.3 Å². The molecule has 24 heavy (non-hydrogen) atoms. The summed E-state index contributed by atoms with van der Waals surface area (Å²) in [6, 6.07) is 9.31. The first-order chi connectivity index (χ1) is 11.7. The van der Waals surface area contributed by atoms with E-state index in [0.717, 1.165) is 57.7 Å². The molecule has 2 fully saturated rings. The fourth-order valence-corrected chi connectivity index (χ4v) is 3.21. The van der Waals surface area contributed by atoms with Gasteiger partial charge in [0.1, 0.15) is 11.9 Å². The van der Waals surface area contributed by atoms with Crippen molar-refractivity contribution in [3.05, 3.63) is 29.8 Å². The van der Waals surface area contributed by atoms with Gasteiger partial charge in [0, 0.05) is 32.5 Å². The highest BCUT2D eigenvalue weighted by molar-refractivity contribution is 5.74. The summed E-state index contributed by atoms with van der Waals surface area (Å²) in [4.78, 5) is 14.1. The lowest BCUT2D eigenvalue weighted by atomic mass is 10.1. The molecule has 0 spiro atoms. The van der Waals surface area contributed by atoms with Crippen LogP contribution in [0.4, 0.5) is 4.79 Å². The van der Waals surface area contributed by atoms with Gasteiger partial charge in [-0.3, -0.25) is 0 Å². The zero-order valence-corrected chi connectivity index (χ0v) is 13.8. The number of benzene rings is 1. The number of rotatable bonds is 4. The maximum atomic E-state index is 12.2. The number of hydrogen-bond donors (Lipinski definition) is 2. The van der Waals surface area contributed by atoms with Crippen molar-refractivity contribution in [3.63, 3.8) is 0 Å². The van der Waals surface area contributed by atoms with Crippen molar-refractivity contribution in [3.8, 4) is 11.8 Å². The lowest BCUT2D eigenvalue weighted by Gasteiger charge is -2.32. The molecule has 0 aromatic heterocycles. The summed E-state index contributed by atoms with van der Waals surface area (Å²) in [6.07, 6.45) is 2.93. The summed E-state index contributed by atoms with van der Waals surface area (Å²) in [6.45, 7) is 4.25. The van der Waals surface area contributed by atoms with Gasteiger partial charge in [0.15, 0.2) is 0 Å². The van der Waals surface area contributed by atoms with Gasteiger partial charge >= 0.3 is 6.03 Å². The number of piperidine rings is 1. The third-order valence-corrected chi connectivity index (χ3v) is 4.72. The van der Waals surface area contributed by atoms with E-state index in [1.54, 1.807) is 12.1 Å². The largest absolute Gasteiger partial charge is 0.490 e. The van der Waals surface area contributed by atoms with E-state index in [1.807, 2.05) is 17.0 Å². The molecule has 1 atom stereocenters. The van der Waals surface area contributed by atoms with Gasteiger partial charge in [-0.15, -0.1) is 0 Å². The fraction of sp³-hybridized carbons (Fsp3) is 0.556. The van der Waals surface area contributed by atoms with Crippen LogP contribution in [0.3, 0.4) is 0 Å². The number of carbonyl (C=O) groups is 1. The molecule has 6 nitrogen and oxygen atoms in total. The van der Waals surface area contributed by atoms with E-state index in [9.17, 15) is 4.79 Å². The van der Waals surface area contributed by atoms with Crippen LogP contribution in [0, 0.1) is 17.2 Å². The molecule has 2 aliphatic heterocycles. The normalized spacial score (nSPS) is 21.3. The van der Waals surface area contributed by atoms with E-state index in [0.29, 0.717) is 11.5 Å². The predicted octanol–water partition coefficient (Wildman–Crippen LogP) is 1.72. The van der Waals surface area contributed by atoms with E-state index >= 15 is 0 Å². The lowest BCUT2D eigenvalue weighted by molar-refractivity contribution is 0.110. The molecule has 3 rings (SSSR count). The Morgan fingerprint density at radius 1 is 1.29 bits per heavy atom. The summed E-state index contributed by atoms with van der Waals surface area (Å²) < 4.78 is 5.95. The van der Waals surface area contributed by atoms with Crippen molar-refractivity contribution in [2.45, 2.75) is 25.4 Å². The van der Waals surface area contributed by atoms with Gasteiger partial charge in [0.05, 0.1) is 11.6 Å². The van der Waals surface area contributed by atoms with Crippen LogP contribution in [-0.4, -0.2) is 49.8 Å². The highest BCUT2D eigenvalue weighted by Gasteiger charge is 2.24. The van der Waals surface area contributed by atoms with Gasteiger partial charge in [-0.2, -0.15) is 5.26 Å². The van der Waals surface area contributed by atoms with E-state index in [-0.39, 0.29) is 12.1 Å². The Morgan fingerprint density at radius 3 is 2.67 bits per heavy atom. The van der Waals surface area contributed by atoms with Crippen LogP contribution < -0.4 is 15.4 Å². The summed E-state index contributed by atoms with van der Waals surface area (Å²) in [5.74, 6) is 1.34. The smallest absolute Gasteiger partial charge is 0.317 e. The first-order valence-corrected chi connectivity index (χ1v) is 8.65. The Labute approximate surface area is 142 Å². The zero-order chi connectivity index (χ0) is 16.8. The fourth-order valence-electron chi connectivity index (χ4n) is 3.21. The summed E-state index contributed by atoms with van der Waals surface area (Å²) in [5, 5.41) is 15.2. The summed E-state index contributed by atoms with van der Waals surface area (Å²) in [5.41, 5.74) is 0.631. The Bertz CT molecular complexity index is 582. The van der Waals surface area contributed by atoms with E-state index in [4.69, 9.17) is 10.00 Å². The van der Waals surface area contributed by atoms with Crippen molar-refractivity contribution in [1.29, 1.82) is 5.26 Å². The van der Waals surface area contributed by atoms with Gasteiger partial charge < -0.3 is 20.3 Å². The maximum absolute atomic E-state index is 12.2. The number of carbonyl (C=O) groups excluding carboxylic acids is 1. The lowest BCUT2D eigenvalue weighted by Crippen LogP contribution is -2.47. The van der Waals surface area contributed by atoms with Crippen LogP contribution in [-0.2, 0) is 0 Å². The Balaban J connectivity index is 1.39. The third-order valence-electron chi connectivity index (χ3n) is 4.72. The van der Waals surface area contributed by atoms with Gasteiger partial charge in [0.25, 0.3) is 0 Å². The Hall–Kier alpha value is -2.26. The van der Waals surface area contributed by atoms with Crippen molar-refractivity contribution < 1.29 is 9.53 Å². The van der Waals surface area contributed by atoms with Crippen LogP contribution in [0.25, 0.3) is 0 Å². The Morgan fingerprint density at radius 2 is 2.04 bits per heavy atom. The van der Waals surface area contributed by atoms with Gasteiger partial charge in [0.2, 0.25) is 0 Å². The monoisotopic (exact) mass is 328 g/mol. The number of ether oxygens (including phenoxy) is 1. The minimum absolute atomic E-state index is 0.0405. The quantitative estimate of drug-likeness (QED) is 0.882. The summed E-state index contributed by atoms with van der Waals surface area (Å²) >= 11 is 0. The molecule has 1 aromatic carbocycles. The molecule has 2 saturated heterocycles. The number of urea groups is 1. The molecule has 2 N–H and O–H groups in total. The number of nitrogens with one attached hydrogen (secondary N) is 2. The van der Waals surface area contributed by atoms with Crippen molar-refractivity contribution in [2.75, 3.05) is 32.7 Å². The van der Waals surface area contributed by atoms with Crippen LogP contribution in [0.2, 0.25) is 0 Å².